The van der Waals surface area contributed by atoms with E-state index in [4.69, 9.17) is 5.73 Å². The van der Waals surface area contributed by atoms with E-state index in [-0.39, 0.29) is 11.3 Å². The highest BCUT2D eigenvalue weighted by molar-refractivity contribution is 5.75. The van der Waals surface area contributed by atoms with Gasteiger partial charge in [-0.25, -0.2) is 0 Å². The first-order chi connectivity index (χ1) is 9.38. The molecule has 0 aliphatic heterocycles. The fourth-order valence-electron chi connectivity index (χ4n) is 4.77. The average Bonchev–Trinajstić information content (AvgIpc) is 2.37. The predicted octanol–water partition coefficient (Wildman–Crippen LogP) is 3.36. The molecule has 20 heavy (non-hydrogen) atoms. The van der Waals surface area contributed by atoms with Gasteiger partial charge in [-0.3, -0.25) is 4.79 Å². The average molecular weight is 273 g/mol. The van der Waals surface area contributed by atoms with Gasteiger partial charge in [0.1, 0.15) is 0 Å². The molecule has 0 saturated heterocycles. The van der Waals surface area contributed by atoms with Crippen molar-refractivity contribution in [3.05, 3.63) is 29.3 Å². The van der Waals surface area contributed by atoms with Crippen molar-refractivity contribution in [1.29, 1.82) is 0 Å². The number of nitrogen functional groups attached to an aromatic ring is 1. The molecule has 1 aromatic rings. The number of carboxylic acids is 1. The topological polar surface area (TPSA) is 63.3 Å². The molecule has 1 saturated carbocycles. The van der Waals surface area contributed by atoms with Crippen LogP contribution in [0.1, 0.15) is 50.7 Å². The Morgan fingerprint density at radius 3 is 2.80 bits per heavy atom. The molecule has 3 N–H and O–H groups in total. The lowest BCUT2D eigenvalue weighted by molar-refractivity contribution is -0.157. The first-order valence-corrected chi connectivity index (χ1v) is 7.50. The van der Waals surface area contributed by atoms with Gasteiger partial charge in [-0.1, -0.05) is 19.4 Å². The number of rotatable bonds is 1. The quantitative estimate of drug-likeness (QED) is 0.771. The van der Waals surface area contributed by atoms with Crippen LogP contribution >= 0.6 is 0 Å². The maximum atomic E-state index is 11.8. The van der Waals surface area contributed by atoms with Crippen molar-refractivity contribution in [3.8, 4) is 0 Å². The molecule has 0 bridgehead atoms. The maximum absolute atomic E-state index is 11.8. The van der Waals surface area contributed by atoms with Gasteiger partial charge in [0.2, 0.25) is 0 Å². The molecule has 0 heterocycles. The Hall–Kier alpha value is -1.51. The predicted molar refractivity (Wildman–Crippen MR) is 79.6 cm³/mol. The lowest BCUT2D eigenvalue weighted by Crippen LogP contribution is -2.52. The van der Waals surface area contributed by atoms with Crippen LogP contribution in [0, 0.1) is 11.3 Å². The highest BCUT2D eigenvalue weighted by Crippen LogP contribution is 2.57. The summed E-state index contributed by atoms with van der Waals surface area (Å²) in [7, 11) is 0. The number of carbonyl (C=O) groups is 1. The smallest absolute Gasteiger partial charge is 0.309 e. The summed E-state index contributed by atoms with van der Waals surface area (Å²) in [5, 5.41) is 9.72. The van der Waals surface area contributed by atoms with Crippen molar-refractivity contribution >= 4 is 11.7 Å². The molecule has 108 valence electrons. The molecule has 2 aliphatic rings. The van der Waals surface area contributed by atoms with E-state index in [2.05, 4.69) is 19.1 Å². The summed E-state index contributed by atoms with van der Waals surface area (Å²) in [4.78, 5) is 11.8. The Balaban J connectivity index is 2.12. The molecular formula is C17H23NO2. The zero-order valence-electron chi connectivity index (χ0n) is 12.3. The van der Waals surface area contributed by atoms with Gasteiger partial charge in [-0.2, -0.15) is 0 Å². The van der Waals surface area contributed by atoms with Crippen molar-refractivity contribution in [2.75, 3.05) is 5.73 Å². The molecule has 3 heteroatoms. The minimum atomic E-state index is -0.632. The molecule has 3 unspecified atom stereocenters. The largest absolute Gasteiger partial charge is 0.481 e. The summed E-state index contributed by atoms with van der Waals surface area (Å²) in [5.41, 5.74) is 8.74. The van der Waals surface area contributed by atoms with E-state index < -0.39 is 11.4 Å². The number of aryl methyl sites for hydroxylation is 1. The lowest BCUT2D eigenvalue weighted by Gasteiger charge is -2.53. The third-order valence-electron chi connectivity index (χ3n) is 5.87. The van der Waals surface area contributed by atoms with Gasteiger partial charge in [0.15, 0.2) is 0 Å². The molecule has 3 atom stereocenters. The van der Waals surface area contributed by atoms with Gasteiger partial charge in [0, 0.05) is 5.69 Å². The number of fused-ring (bicyclic) bond motifs is 3. The highest BCUT2D eigenvalue weighted by Gasteiger charge is 2.55. The van der Waals surface area contributed by atoms with Gasteiger partial charge >= 0.3 is 5.97 Å². The molecule has 3 nitrogen and oxygen atoms in total. The zero-order valence-corrected chi connectivity index (χ0v) is 12.3. The zero-order chi connectivity index (χ0) is 14.5. The summed E-state index contributed by atoms with van der Waals surface area (Å²) < 4.78 is 0. The second kappa shape index (κ2) is 4.24. The molecule has 2 aliphatic carbocycles. The van der Waals surface area contributed by atoms with Crippen molar-refractivity contribution in [2.45, 2.75) is 51.4 Å². The fraction of sp³-hybridized carbons (Fsp3) is 0.588. The number of benzene rings is 1. The lowest BCUT2D eigenvalue weighted by atomic mass is 9.50. The van der Waals surface area contributed by atoms with Crippen LogP contribution in [0.4, 0.5) is 5.69 Å². The SMILES string of the molecule is CC1(C(=O)O)CCCC2(C)c3ccc(N)cc3CCC12. The minimum Gasteiger partial charge on any atom is -0.481 e. The number of hydrogen-bond acceptors (Lipinski definition) is 2. The molecular weight excluding hydrogens is 250 g/mol. The van der Waals surface area contributed by atoms with Crippen LogP contribution in [0.2, 0.25) is 0 Å². The first kappa shape index (κ1) is 13.5. The van der Waals surface area contributed by atoms with Crippen LogP contribution in [0.5, 0.6) is 0 Å². The first-order valence-electron chi connectivity index (χ1n) is 7.50. The van der Waals surface area contributed by atoms with Crippen LogP contribution in [0.15, 0.2) is 18.2 Å². The Kier molecular flexibility index (Phi) is 2.86. The summed E-state index contributed by atoms with van der Waals surface area (Å²) in [6.07, 6.45) is 4.77. The van der Waals surface area contributed by atoms with Crippen LogP contribution in [0.3, 0.4) is 0 Å². The Labute approximate surface area is 120 Å². The van der Waals surface area contributed by atoms with E-state index in [0.717, 1.165) is 37.8 Å². The van der Waals surface area contributed by atoms with E-state index in [9.17, 15) is 9.90 Å². The number of anilines is 1. The van der Waals surface area contributed by atoms with Gasteiger partial charge in [-0.15, -0.1) is 0 Å². The number of carboxylic acid groups (broad SMARTS) is 1. The molecule has 0 radical (unpaired) electrons. The molecule has 0 amide bonds. The number of hydrogen-bond donors (Lipinski definition) is 2. The third-order valence-corrected chi connectivity index (χ3v) is 5.87. The van der Waals surface area contributed by atoms with Crippen molar-refractivity contribution in [3.63, 3.8) is 0 Å². The van der Waals surface area contributed by atoms with Gasteiger partial charge in [0.05, 0.1) is 5.41 Å². The second-order valence-corrected chi connectivity index (χ2v) is 7.00. The third kappa shape index (κ3) is 1.68. The highest BCUT2D eigenvalue weighted by atomic mass is 16.4. The maximum Gasteiger partial charge on any atom is 0.309 e. The van der Waals surface area contributed by atoms with Crippen molar-refractivity contribution in [1.82, 2.24) is 0 Å². The number of nitrogens with two attached hydrogens (primary N) is 1. The van der Waals surface area contributed by atoms with Crippen LogP contribution in [0.25, 0.3) is 0 Å². The monoisotopic (exact) mass is 273 g/mol. The van der Waals surface area contributed by atoms with Crippen LogP contribution < -0.4 is 5.73 Å². The molecule has 3 rings (SSSR count). The minimum absolute atomic E-state index is 0.0212. The van der Waals surface area contributed by atoms with E-state index >= 15 is 0 Å². The van der Waals surface area contributed by atoms with Crippen molar-refractivity contribution < 1.29 is 9.90 Å². The Morgan fingerprint density at radius 2 is 2.10 bits per heavy atom. The van der Waals surface area contributed by atoms with Crippen LogP contribution in [-0.2, 0) is 16.6 Å². The summed E-state index contributed by atoms with van der Waals surface area (Å²) in [6, 6.07) is 6.16. The molecule has 1 aromatic carbocycles. The normalized spacial score (nSPS) is 36.0. The Morgan fingerprint density at radius 1 is 1.35 bits per heavy atom. The molecule has 0 aromatic heterocycles. The van der Waals surface area contributed by atoms with E-state index in [1.165, 1.54) is 11.1 Å². The summed E-state index contributed by atoms with van der Waals surface area (Å²) in [6.45, 7) is 4.20. The van der Waals surface area contributed by atoms with Gasteiger partial charge < -0.3 is 10.8 Å². The second-order valence-electron chi connectivity index (χ2n) is 7.00. The van der Waals surface area contributed by atoms with Gasteiger partial charge in [0.25, 0.3) is 0 Å². The Bertz CT molecular complexity index is 568. The molecule has 0 spiro atoms. The van der Waals surface area contributed by atoms with Crippen molar-refractivity contribution in [2.24, 2.45) is 11.3 Å². The van der Waals surface area contributed by atoms with E-state index in [1.54, 1.807) is 0 Å². The summed E-state index contributed by atoms with van der Waals surface area (Å²) in [5.74, 6) is -0.412. The van der Waals surface area contributed by atoms with Crippen LogP contribution in [-0.4, -0.2) is 11.1 Å². The van der Waals surface area contributed by atoms with Gasteiger partial charge in [-0.05, 0) is 67.2 Å². The molecule has 1 fully saturated rings. The standard InChI is InChI=1S/C17H23NO2/c1-16-8-3-9-17(2,15(19)20)14(16)7-4-11-10-12(18)5-6-13(11)16/h5-6,10,14H,3-4,7-9,18H2,1-2H3,(H,19,20). The van der Waals surface area contributed by atoms with E-state index in [1.807, 2.05) is 13.0 Å². The van der Waals surface area contributed by atoms with E-state index in [0.29, 0.717) is 0 Å². The fourth-order valence-corrected chi connectivity index (χ4v) is 4.77. The number of aliphatic carboxylic acids is 1. The summed E-state index contributed by atoms with van der Waals surface area (Å²) >= 11 is 0.